The second-order valence-corrected chi connectivity index (χ2v) is 7.14. The number of aromatic nitrogens is 2. The molecule has 1 atom stereocenters. The van der Waals surface area contributed by atoms with Gasteiger partial charge in [0.2, 0.25) is 5.91 Å². The molecular weight excluding hydrogens is 390 g/mol. The summed E-state index contributed by atoms with van der Waals surface area (Å²) in [6.45, 7) is 1.49. The Labute approximate surface area is 174 Å². The molecule has 0 bridgehead atoms. The Hall–Kier alpha value is -3.12. The van der Waals surface area contributed by atoms with E-state index < -0.39 is 6.04 Å². The van der Waals surface area contributed by atoms with Gasteiger partial charge in [-0.05, 0) is 42.8 Å². The predicted octanol–water partition coefficient (Wildman–Crippen LogP) is 3.73. The summed E-state index contributed by atoms with van der Waals surface area (Å²) in [6.07, 6.45) is 3.58. The Balaban J connectivity index is 1.88. The molecule has 0 spiro atoms. The highest BCUT2D eigenvalue weighted by molar-refractivity contribution is 6.30. The van der Waals surface area contributed by atoms with E-state index in [-0.39, 0.29) is 18.1 Å². The van der Waals surface area contributed by atoms with Crippen molar-refractivity contribution in [1.82, 2.24) is 14.9 Å². The summed E-state index contributed by atoms with van der Waals surface area (Å²) in [5.74, 6) is 0.976. The zero-order chi connectivity index (χ0) is 21.0. The number of hydrogen-bond donors (Lipinski definition) is 1. The van der Waals surface area contributed by atoms with Gasteiger partial charge in [-0.15, -0.1) is 0 Å². The third-order valence-corrected chi connectivity index (χ3v) is 4.92. The van der Waals surface area contributed by atoms with Crippen molar-refractivity contribution in [3.8, 4) is 5.75 Å². The predicted molar refractivity (Wildman–Crippen MR) is 111 cm³/mol. The highest BCUT2D eigenvalue weighted by Crippen LogP contribution is 2.24. The molecule has 3 aromatic rings. The van der Waals surface area contributed by atoms with E-state index >= 15 is 0 Å². The number of carbonyl (C=O) groups excluding carboxylic acids is 2. The summed E-state index contributed by atoms with van der Waals surface area (Å²) in [6, 6.07) is 11.9. The molecule has 7 heteroatoms. The summed E-state index contributed by atoms with van der Waals surface area (Å²) in [7, 11) is 3.41. The average Bonchev–Trinajstić information content (AvgIpc) is 3.12. The topological polar surface area (TPSA) is 73.2 Å². The molecule has 6 nitrogen and oxygen atoms in total. The number of halogens is 1. The zero-order valence-electron chi connectivity index (χ0n) is 16.5. The van der Waals surface area contributed by atoms with E-state index in [9.17, 15) is 9.59 Å². The molecule has 1 amide bonds. The second kappa shape index (κ2) is 8.92. The summed E-state index contributed by atoms with van der Waals surface area (Å²) in [4.78, 5) is 29.0. The number of imidazole rings is 1. The van der Waals surface area contributed by atoms with Gasteiger partial charge < -0.3 is 14.6 Å². The molecule has 0 radical (unpaired) electrons. The number of methoxy groups -OCH3 is 1. The van der Waals surface area contributed by atoms with Gasteiger partial charge in [0.1, 0.15) is 17.6 Å². The molecule has 0 aliphatic carbocycles. The molecule has 0 fully saturated rings. The van der Waals surface area contributed by atoms with Crippen molar-refractivity contribution in [2.45, 2.75) is 19.4 Å². The van der Waals surface area contributed by atoms with Gasteiger partial charge in [-0.3, -0.25) is 9.59 Å². The molecule has 0 aliphatic heterocycles. The van der Waals surface area contributed by atoms with E-state index in [1.165, 1.54) is 14.0 Å². The number of nitrogens with one attached hydrogen (secondary N) is 1. The lowest BCUT2D eigenvalue weighted by molar-refractivity contribution is -0.121. The number of nitrogens with zero attached hydrogens (tertiary/aromatic N) is 2. The minimum absolute atomic E-state index is 0.0682. The smallest absolute Gasteiger partial charge is 0.225 e. The van der Waals surface area contributed by atoms with Crippen molar-refractivity contribution in [3.05, 3.63) is 82.4 Å². The van der Waals surface area contributed by atoms with Crippen LogP contribution >= 0.6 is 11.6 Å². The van der Waals surface area contributed by atoms with Gasteiger partial charge in [0.25, 0.3) is 0 Å². The number of amides is 1. The van der Waals surface area contributed by atoms with Crippen LogP contribution in [-0.4, -0.2) is 28.4 Å². The number of ketones is 1. The first-order valence-corrected chi connectivity index (χ1v) is 9.46. The lowest BCUT2D eigenvalue weighted by Crippen LogP contribution is -2.32. The number of ether oxygens (including phenoxy) is 1. The van der Waals surface area contributed by atoms with Crippen molar-refractivity contribution in [2.75, 3.05) is 7.11 Å². The molecule has 0 saturated heterocycles. The molecule has 0 aliphatic rings. The van der Waals surface area contributed by atoms with Crippen LogP contribution in [0.5, 0.6) is 5.75 Å². The number of Topliss-reactive ketones (excluding diaryl/α,β-unsaturated/α-hetero) is 1. The maximum Gasteiger partial charge on any atom is 0.225 e. The van der Waals surface area contributed by atoms with Gasteiger partial charge in [-0.2, -0.15) is 0 Å². The zero-order valence-corrected chi connectivity index (χ0v) is 17.2. The Morgan fingerprint density at radius 2 is 1.93 bits per heavy atom. The molecule has 1 heterocycles. The monoisotopic (exact) mass is 411 g/mol. The first kappa shape index (κ1) is 20.6. The standard InChI is InChI=1S/C22H22ClN3O3/c1-14(27)16-6-9-19(29-3)17(12-16)13-20(28)25-21(22-24-10-11-26(22)2)15-4-7-18(23)8-5-15/h4-12,21H,13H2,1-3H3,(H,25,28)/t21-/m1/s1. The van der Waals surface area contributed by atoms with Gasteiger partial charge in [0, 0.05) is 35.6 Å². The second-order valence-electron chi connectivity index (χ2n) is 6.71. The third-order valence-electron chi connectivity index (χ3n) is 4.66. The van der Waals surface area contributed by atoms with Crippen LogP contribution in [0.2, 0.25) is 5.02 Å². The number of aryl methyl sites for hydroxylation is 1. The first-order chi connectivity index (χ1) is 13.9. The van der Waals surface area contributed by atoms with Crippen LogP contribution in [0.3, 0.4) is 0 Å². The Kier molecular flexibility index (Phi) is 6.34. The molecule has 0 unspecified atom stereocenters. The van der Waals surface area contributed by atoms with Crippen molar-refractivity contribution >= 4 is 23.3 Å². The highest BCUT2D eigenvalue weighted by atomic mass is 35.5. The fraction of sp³-hybridized carbons (Fsp3) is 0.227. The lowest BCUT2D eigenvalue weighted by Gasteiger charge is -2.20. The van der Waals surface area contributed by atoms with Gasteiger partial charge in [0.05, 0.1) is 13.5 Å². The van der Waals surface area contributed by atoms with Crippen LogP contribution in [0.25, 0.3) is 0 Å². The van der Waals surface area contributed by atoms with Crippen LogP contribution in [0.1, 0.15) is 40.3 Å². The van der Waals surface area contributed by atoms with Crippen LogP contribution in [0, 0.1) is 0 Å². The van der Waals surface area contributed by atoms with Gasteiger partial charge in [0.15, 0.2) is 5.78 Å². The van der Waals surface area contributed by atoms with Crippen molar-refractivity contribution < 1.29 is 14.3 Å². The molecular formula is C22H22ClN3O3. The van der Waals surface area contributed by atoms with E-state index in [1.54, 1.807) is 36.5 Å². The van der Waals surface area contributed by atoms with Gasteiger partial charge in [-0.25, -0.2) is 4.98 Å². The van der Waals surface area contributed by atoms with E-state index in [1.807, 2.05) is 29.9 Å². The molecule has 29 heavy (non-hydrogen) atoms. The quantitative estimate of drug-likeness (QED) is 0.601. The van der Waals surface area contributed by atoms with E-state index in [2.05, 4.69) is 10.3 Å². The summed E-state index contributed by atoms with van der Waals surface area (Å²) >= 11 is 6.01. The first-order valence-electron chi connectivity index (χ1n) is 9.09. The number of benzene rings is 2. The fourth-order valence-electron chi connectivity index (χ4n) is 3.13. The van der Waals surface area contributed by atoms with Crippen LogP contribution in [0.15, 0.2) is 54.9 Å². The van der Waals surface area contributed by atoms with Gasteiger partial charge in [-0.1, -0.05) is 23.7 Å². The maximum atomic E-state index is 12.9. The summed E-state index contributed by atoms with van der Waals surface area (Å²) < 4.78 is 7.21. The minimum atomic E-state index is -0.443. The van der Waals surface area contributed by atoms with Crippen LogP contribution < -0.4 is 10.1 Å². The summed E-state index contributed by atoms with van der Waals surface area (Å²) in [5.41, 5.74) is 2.04. The Bertz CT molecular complexity index is 1030. The highest BCUT2D eigenvalue weighted by Gasteiger charge is 2.22. The summed E-state index contributed by atoms with van der Waals surface area (Å²) in [5, 5.41) is 3.65. The van der Waals surface area contributed by atoms with E-state index in [0.717, 1.165) is 5.56 Å². The molecule has 1 aromatic heterocycles. The molecule has 150 valence electrons. The minimum Gasteiger partial charge on any atom is -0.496 e. The number of hydrogen-bond acceptors (Lipinski definition) is 4. The largest absolute Gasteiger partial charge is 0.496 e. The third kappa shape index (κ3) is 4.84. The van der Waals surface area contributed by atoms with Crippen molar-refractivity contribution in [1.29, 1.82) is 0 Å². The fourth-order valence-corrected chi connectivity index (χ4v) is 3.25. The number of rotatable bonds is 7. The van der Waals surface area contributed by atoms with Crippen LogP contribution in [-0.2, 0) is 18.3 Å². The molecule has 3 rings (SSSR count). The molecule has 2 aromatic carbocycles. The van der Waals surface area contributed by atoms with Crippen molar-refractivity contribution in [3.63, 3.8) is 0 Å². The van der Waals surface area contributed by atoms with E-state index in [4.69, 9.17) is 16.3 Å². The van der Waals surface area contributed by atoms with Crippen molar-refractivity contribution in [2.24, 2.45) is 7.05 Å². The van der Waals surface area contributed by atoms with Crippen LogP contribution in [0.4, 0.5) is 0 Å². The van der Waals surface area contributed by atoms with Gasteiger partial charge >= 0.3 is 0 Å². The maximum absolute atomic E-state index is 12.9. The molecule has 0 saturated carbocycles. The Morgan fingerprint density at radius 1 is 1.21 bits per heavy atom. The van der Waals surface area contributed by atoms with E-state index in [0.29, 0.717) is 27.7 Å². The lowest BCUT2D eigenvalue weighted by atomic mass is 10.0. The SMILES string of the molecule is COc1ccc(C(C)=O)cc1CC(=O)N[C@H](c1ccc(Cl)cc1)c1nccn1C. The molecule has 1 N–H and O–H groups in total. The normalized spacial score (nSPS) is 11.7. The number of carbonyl (C=O) groups is 2. The Morgan fingerprint density at radius 3 is 2.52 bits per heavy atom. The average molecular weight is 412 g/mol.